The Bertz CT molecular complexity index is 265. The topological polar surface area (TPSA) is 15.3 Å². The van der Waals surface area contributed by atoms with Crippen LogP contribution < -0.4 is 5.32 Å². The van der Waals surface area contributed by atoms with E-state index in [2.05, 4.69) is 22.3 Å². The van der Waals surface area contributed by atoms with Gasteiger partial charge in [-0.05, 0) is 17.7 Å². The van der Waals surface area contributed by atoms with Crippen LogP contribution in [-0.4, -0.2) is 24.7 Å². The molecule has 2 rings (SSSR count). The van der Waals surface area contributed by atoms with Crippen molar-refractivity contribution < 1.29 is 0 Å². The van der Waals surface area contributed by atoms with Gasteiger partial charge in [-0.25, -0.2) is 0 Å². The first-order valence-corrected chi connectivity index (χ1v) is 4.90. The maximum absolute atomic E-state index is 5.80. The molecule has 1 N–H and O–H groups in total. The molecule has 0 atom stereocenters. The minimum Gasteiger partial charge on any atom is -0.303 e. The van der Waals surface area contributed by atoms with E-state index in [9.17, 15) is 0 Å². The van der Waals surface area contributed by atoms with Gasteiger partial charge in [0.1, 0.15) is 0 Å². The zero-order valence-corrected chi connectivity index (χ0v) is 8.22. The first kappa shape index (κ1) is 9.00. The van der Waals surface area contributed by atoms with E-state index in [1.807, 2.05) is 12.1 Å². The summed E-state index contributed by atoms with van der Waals surface area (Å²) < 4.78 is 0. The lowest BCUT2D eigenvalue weighted by atomic mass is 10.2. The van der Waals surface area contributed by atoms with Gasteiger partial charge in [-0.15, -0.1) is 0 Å². The van der Waals surface area contributed by atoms with Crippen molar-refractivity contribution in [3.63, 3.8) is 0 Å². The van der Waals surface area contributed by atoms with Crippen molar-refractivity contribution in [2.45, 2.75) is 6.54 Å². The molecule has 0 aromatic heterocycles. The van der Waals surface area contributed by atoms with Crippen LogP contribution in [0.4, 0.5) is 0 Å². The van der Waals surface area contributed by atoms with Gasteiger partial charge in [0.15, 0.2) is 0 Å². The molecule has 0 unspecified atom stereocenters. The summed E-state index contributed by atoms with van der Waals surface area (Å²) in [5, 5.41) is 4.11. The van der Waals surface area contributed by atoms with E-state index in [0.29, 0.717) is 0 Å². The van der Waals surface area contributed by atoms with Gasteiger partial charge in [0, 0.05) is 31.3 Å². The molecule has 1 aliphatic rings. The Labute approximate surface area is 83.5 Å². The second-order valence-corrected chi connectivity index (χ2v) is 3.77. The molecule has 0 spiro atoms. The summed E-state index contributed by atoms with van der Waals surface area (Å²) in [6.07, 6.45) is 0. The van der Waals surface area contributed by atoms with Crippen molar-refractivity contribution in [1.29, 1.82) is 0 Å². The second kappa shape index (κ2) is 4.09. The van der Waals surface area contributed by atoms with Crippen LogP contribution in [0.5, 0.6) is 0 Å². The van der Waals surface area contributed by atoms with Gasteiger partial charge in [0.05, 0.1) is 0 Å². The number of halogens is 1. The fraction of sp³-hybridized carbons (Fsp3) is 0.400. The third-order valence-electron chi connectivity index (χ3n) is 2.26. The lowest BCUT2D eigenvalue weighted by molar-refractivity contribution is 0.327. The monoisotopic (exact) mass is 196 g/mol. The molecule has 1 heterocycles. The van der Waals surface area contributed by atoms with Crippen LogP contribution in [0.1, 0.15) is 5.56 Å². The van der Waals surface area contributed by atoms with Gasteiger partial charge in [-0.3, -0.25) is 4.90 Å². The van der Waals surface area contributed by atoms with Crippen molar-refractivity contribution >= 4 is 11.6 Å². The lowest BCUT2D eigenvalue weighted by Crippen LogP contribution is -2.21. The summed E-state index contributed by atoms with van der Waals surface area (Å²) in [4.78, 5) is 2.38. The lowest BCUT2D eigenvalue weighted by Gasteiger charge is -2.13. The summed E-state index contributed by atoms with van der Waals surface area (Å²) in [6.45, 7) is 4.27. The molecule has 1 saturated heterocycles. The highest BCUT2D eigenvalue weighted by molar-refractivity contribution is 6.30. The highest BCUT2D eigenvalue weighted by Crippen LogP contribution is 2.11. The van der Waals surface area contributed by atoms with Crippen LogP contribution in [-0.2, 0) is 6.54 Å². The number of benzene rings is 1. The molecule has 70 valence electrons. The largest absolute Gasteiger partial charge is 0.303 e. The third kappa shape index (κ3) is 2.44. The van der Waals surface area contributed by atoms with Crippen molar-refractivity contribution in [2.75, 3.05) is 19.8 Å². The minimum absolute atomic E-state index is 0.809. The summed E-state index contributed by atoms with van der Waals surface area (Å²) in [7, 11) is 0. The third-order valence-corrected chi connectivity index (χ3v) is 2.51. The highest BCUT2D eigenvalue weighted by Gasteiger charge is 2.10. The normalized spacial score (nSPS) is 17.9. The minimum atomic E-state index is 0.809. The van der Waals surface area contributed by atoms with Gasteiger partial charge in [0.2, 0.25) is 0 Å². The maximum Gasteiger partial charge on any atom is 0.0484 e. The second-order valence-electron chi connectivity index (χ2n) is 3.34. The van der Waals surface area contributed by atoms with Gasteiger partial charge in [0.25, 0.3) is 0 Å². The summed E-state index contributed by atoms with van der Waals surface area (Å²) >= 11 is 5.80. The van der Waals surface area contributed by atoms with Crippen molar-refractivity contribution in [3.8, 4) is 0 Å². The zero-order valence-electron chi connectivity index (χ0n) is 7.46. The Balaban J connectivity index is 1.97. The molecule has 1 aliphatic heterocycles. The quantitative estimate of drug-likeness (QED) is 0.775. The molecular formula is C10H13ClN2. The first-order valence-electron chi connectivity index (χ1n) is 4.52. The van der Waals surface area contributed by atoms with Gasteiger partial charge < -0.3 is 5.32 Å². The van der Waals surface area contributed by atoms with Crippen LogP contribution in [0, 0.1) is 0 Å². The van der Waals surface area contributed by atoms with E-state index < -0.39 is 0 Å². The zero-order chi connectivity index (χ0) is 9.10. The number of nitrogens with one attached hydrogen (secondary N) is 1. The SMILES string of the molecule is Clc1ccc(CN2CCNC2)cc1. The predicted octanol–water partition coefficient (Wildman–Crippen LogP) is 1.70. The van der Waals surface area contributed by atoms with E-state index in [4.69, 9.17) is 11.6 Å². The number of rotatable bonds is 2. The molecule has 0 amide bonds. The average Bonchev–Trinajstić information content (AvgIpc) is 2.62. The smallest absolute Gasteiger partial charge is 0.0484 e. The van der Waals surface area contributed by atoms with Crippen molar-refractivity contribution in [2.24, 2.45) is 0 Å². The molecule has 0 bridgehead atoms. The summed E-state index contributed by atoms with van der Waals surface area (Å²) in [5.74, 6) is 0. The van der Waals surface area contributed by atoms with E-state index in [0.717, 1.165) is 31.3 Å². The standard InChI is InChI=1S/C10H13ClN2/c11-10-3-1-9(2-4-10)7-13-6-5-12-8-13/h1-4,12H,5-8H2. The number of hydrogen-bond donors (Lipinski definition) is 1. The molecule has 0 radical (unpaired) electrons. The van der Waals surface area contributed by atoms with Crippen LogP contribution >= 0.6 is 11.6 Å². The van der Waals surface area contributed by atoms with Crippen molar-refractivity contribution in [1.82, 2.24) is 10.2 Å². The van der Waals surface area contributed by atoms with Gasteiger partial charge in [-0.1, -0.05) is 23.7 Å². The summed E-state index contributed by atoms with van der Waals surface area (Å²) in [5.41, 5.74) is 1.33. The van der Waals surface area contributed by atoms with Gasteiger partial charge in [-0.2, -0.15) is 0 Å². The predicted molar refractivity (Wildman–Crippen MR) is 54.7 cm³/mol. The molecule has 1 aromatic carbocycles. The molecule has 2 nitrogen and oxygen atoms in total. The average molecular weight is 197 g/mol. The number of nitrogens with zero attached hydrogens (tertiary/aromatic N) is 1. The molecule has 0 saturated carbocycles. The molecule has 1 aromatic rings. The maximum atomic E-state index is 5.80. The molecular weight excluding hydrogens is 184 g/mol. The fourth-order valence-corrected chi connectivity index (χ4v) is 1.66. The Kier molecular flexibility index (Phi) is 2.83. The Morgan fingerprint density at radius 1 is 1.31 bits per heavy atom. The Hall–Kier alpha value is -0.570. The fourth-order valence-electron chi connectivity index (χ4n) is 1.54. The molecule has 0 aliphatic carbocycles. The van der Waals surface area contributed by atoms with E-state index in [1.165, 1.54) is 5.56 Å². The Morgan fingerprint density at radius 2 is 2.08 bits per heavy atom. The van der Waals surface area contributed by atoms with E-state index in [1.54, 1.807) is 0 Å². The van der Waals surface area contributed by atoms with Crippen LogP contribution in [0.15, 0.2) is 24.3 Å². The Morgan fingerprint density at radius 3 is 2.69 bits per heavy atom. The van der Waals surface area contributed by atoms with Crippen LogP contribution in [0.2, 0.25) is 5.02 Å². The van der Waals surface area contributed by atoms with Gasteiger partial charge >= 0.3 is 0 Å². The van der Waals surface area contributed by atoms with Crippen LogP contribution in [0.25, 0.3) is 0 Å². The summed E-state index contributed by atoms with van der Waals surface area (Å²) in [6, 6.07) is 8.06. The van der Waals surface area contributed by atoms with Crippen LogP contribution in [0.3, 0.4) is 0 Å². The number of hydrogen-bond acceptors (Lipinski definition) is 2. The highest BCUT2D eigenvalue weighted by atomic mass is 35.5. The molecule has 1 fully saturated rings. The van der Waals surface area contributed by atoms with E-state index >= 15 is 0 Å². The molecule has 13 heavy (non-hydrogen) atoms. The van der Waals surface area contributed by atoms with E-state index in [-0.39, 0.29) is 0 Å². The van der Waals surface area contributed by atoms with Crippen molar-refractivity contribution in [3.05, 3.63) is 34.9 Å². The molecule has 3 heteroatoms. The first-order chi connectivity index (χ1) is 6.34.